The van der Waals surface area contributed by atoms with E-state index in [-0.39, 0.29) is 4.88 Å². The van der Waals surface area contributed by atoms with Gasteiger partial charge in [-0.2, -0.15) is 18.3 Å². The maximum atomic E-state index is 12.9. The minimum absolute atomic E-state index is 0.268. The number of fused-ring (bicyclic) bond motifs is 1. The molecule has 0 radical (unpaired) electrons. The molecule has 4 aromatic rings. The van der Waals surface area contributed by atoms with Crippen molar-refractivity contribution in [1.29, 1.82) is 0 Å². The minimum Gasteiger partial charge on any atom is -0.327 e. The molecule has 0 saturated carbocycles. The third kappa shape index (κ3) is 3.86. The molecule has 1 aromatic carbocycles. The summed E-state index contributed by atoms with van der Waals surface area (Å²) in [5.74, 6) is -0.660. The monoisotopic (exact) mass is 432 g/mol. The molecule has 2 N–H and O–H groups in total. The fraction of sp³-hybridized carbons (Fsp3) is 0.150. The largest absolute Gasteiger partial charge is 0.417 e. The van der Waals surface area contributed by atoms with Crippen molar-refractivity contribution in [3.63, 3.8) is 0 Å². The number of nitrogens with zero attached hydrogens (tertiary/aromatic N) is 2. The summed E-state index contributed by atoms with van der Waals surface area (Å²) in [7, 11) is 0. The van der Waals surface area contributed by atoms with E-state index in [0.29, 0.717) is 18.8 Å². The minimum atomic E-state index is -4.64. The number of anilines is 1. The molecule has 0 unspecified atom stereocenters. The second kappa shape index (κ2) is 7.45. The van der Waals surface area contributed by atoms with E-state index in [1.807, 2.05) is 42.2 Å². The van der Waals surface area contributed by atoms with Gasteiger partial charge in [-0.3, -0.25) is 14.3 Å². The molecule has 10 heteroatoms. The number of rotatable bonds is 4. The lowest BCUT2D eigenvalue weighted by Crippen LogP contribution is -2.21. The average molecular weight is 432 g/mol. The average Bonchev–Trinajstić information content (AvgIpc) is 3.25. The van der Waals surface area contributed by atoms with Gasteiger partial charge in [0.15, 0.2) is 0 Å². The molecule has 3 heterocycles. The third-order valence-corrected chi connectivity index (χ3v) is 5.63. The predicted octanol–water partition coefficient (Wildman–Crippen LogP) is 4.41. The molecule has 0 atom stereocenters. The van der Waals surface area contributed by atoms with Crippen LogP contribution in [0, 0.1) is 6.92 Å². The highest BCUT2D eigenvalue weighted by Crippen LogP contribution is 2.31. The number of halogens is 3. The van der Waals surface area contributed by atoms with E-state index >= 15 is 0 Å². The second-order valence-electron chi connectivity index (χ2n) is 6.64. The molecule has 0 saturated heterocycles. The van der Waals surface area contributed by atoms with Crippen molar-refractivity contribution in [3.8, 4) is 0 Å². The van der Waals surface area contributed by atoms with Crippen LogP contribution in [0.5, 0.6) is 0 Å². The van der Waals surface area contributed by atoms with Gasteiger partial charge in [0.1, 0.15) is 10.5 Å². The number of H-pyrrole nitrogens is 1. The van der Waals surface area contributed by atoms with Crippen LogP contribution in [0.2, 0.25) is 0 Å². The number of nitrogens with one attached hydrogen (secondary N) is 2. The number of hydrogen-bond donors (Lipinski definition) is 2. The van der Waals surface area contributed by atoms with Crippen molar-refractivity contribution < 1.29 is 18.0 Å². The van der Waals surface area contributed by atoms with E-state index in [9.17, 15) is 22.8 Å². The maximum Gasteiger partial charge on any atom is 0.417 e. The van der Waals surface area contributed by atoms with Crippen LogP contribution in [0.25, 0.3) is 10.2 Å². The molecule has 0 aliphatic rings. The van der Waals surface area contributed by atoms with Gasteiger partial charge in [-0.15, -0.1) is 11.3 Å². The number of aromatic amines is 1. The standard InChI is InChI=1S/C20H15F3N4O2S/c1-11-14-8-16(30-19(14)27(26-11)10-12-5-3-2-4-6-12)18(29)25-15-7-13(20(21,22)23)9-24-17(15)28/h2-9H,10H2,1H3,(H,24,28)(H,25,29). The zero-order valence-corrected chi connectivity index (χ0v) is 16.4. The molecule has 30 heavy (non-hydrogen) atoms. The number of pyridine rings is 1. The molecule has 0 spiro atoms. The molecular weight excluding hydrogens is 417 g/mol. The van der Waals surface area contributed by atoms with Crippen molar-refractivity contribution in [2.24, 2.45) is 0 Å². The van der Waals surface area contributed by atoms with Crippen LogP contribution < -0.4 is 10.9 Å². The number of aromatic nitrogens is 3. The van der Waals surface area contributed by atoms with Gasteiger partial charge in [0.2, 0.25) is 0 Å². The Morgan fingerprint density at radius 3 is 2.67 bits per heavy atom. The van der Waals surface area contributed by atoms with Crippen LogP contribution in [0.1, 0.15) is 26.5 Å². The van der Waals surface area contributed by atoms with Gasteiger partial charge >= 0.3 is 6.18 Å². The van der Waals surface area contributed by atoms with Crippen LogP contribution >= 0.6 is 11.3 Å². The fourth-order valence-electron chi connectivity index (χ4n) is 3.01. The molecule has 0 bridgehead atoms. The summed E-state index contributed by atoms with van der Waals surface area (Å²) < 4.78 is 40.4. The first-order valence-corrected chi connectivity index (χ1v) is 9.66. The van der Waals surface area contributed by atoms with Gasteiger partial charge in [-0.1, -0.05) is 30.3 Å². The van der Waals surface area contributed by atoms with E-state index in [4.69, 9.17) is 0 Å². The van der Waals surface area contributed by atoms with Gasteiger partial charge in [0.05, 0.1) is 22.7 Å². The summed E-state index contributed by atoms with van der Waals surface area (Å²) in [5, 5.41) is 7.55. The summed E-state index contributed by atoms with van der Waals surface area (Å²) in [6.07, 6.45) is -4.07. The van der Waals surface area contributed by atoms with Crippen molar-refractivity contribution in [1.82, 2.24) is 14.8 Å². The van der Waals surface area contributed by atoms with Crippen molar-refractivity contribution in [2.45, 2.75) is 19.6 Å². The highest BCUT2D eigenvalue weighted by Gasteiger charge is 2.31. The Kier molecular flexibility index (Phi) is 4.94. The Balaban J connectivity index is 1.63. The summed E-state index contributed by atoms with van der Waals surface area (Å²) in [4.78, 5) is 27.5. The summed E-state index contributed by atoms with van der Waals surface area (Å²) >= 11 is 1.16. The second-order valence-corrected chi connectivity index (χ2v) is 7.67. The molecular formula is C20H15F3N4O2S. The van der Waals surface area contributed by atoms with Crippen molar-refractivity contribution >= 4 is 33.1 Å². The maximum absolute atomic E-state index is 12.9. The number of aryl methyl sites for hydroxylation is 1. The van der Waals surface area contributed by atoms with Gasteiger partial charge in [0, 0.05) is 11.6 Å². The van der Waals surface area contributed by atoms with E-state index in [1.165, 1.54) is 0 Å². The Labute approximate surface area is 172 Å². The summed E-state index contributed by atoms with van der Waals surface area (Å²) in [5.41, 5.74) is -0.563. The molecule has 154 valence electrons. The van der Waals surface area contributed by atoms with Gasteiger partial charge in [-0.25, -0.2) is 0 Å². The van der Waals surface area contributed by atoms with Crippen LogP contribution in [0.15, 0.2) is 53.5 Å². The van der Waals surface area contributed by atoms with Crippen LogP contribution in [-0.4, -0.2) is 20.7 Å². The van der Waals surface area contributed by atoms with E-state index in [2.05, 4.69) is 10.4 Å². The summed E-state index contributed by atoms with van der Waals surface area (Å²) in [6.45, 7) is 2.33. The van der Waals surface area contributed by atoms with Crippen LogP contribution in [0.4, 0.5) is 18.9 Å². The van der Waals surface area contributed by atoms with E-state index in [1.54, 1.807) is 10.7 Å². The normalized spacial score (nSPS) is 11.7. The number of carbonyl (C=O) groups excluding carboxylic acids is 1. The lowest BCUT2D eigenvalue weighted by atomic mass is 10.2. The lowest BCUT2D eigenvalue weighted by Gasteiger charge is -2.08. The molecule has 3 aromatic heterocycles. The first-order chi connectivity index (χ1) is 14.2. The number of hydrogen-bond acceptors (Lipinski definition) is 4. The Hall–Kier alpha value is -3.40. The molecule has 1 amide bonds. The molecule has 4 rings (SSSR count). The van der Waals surface area contributed by atoms with Gasteiger partial charge in [0.25, 0.3) is 11.5 Å². The molecule has 6 nitrogen and oxygen atoms in total. The summed E-state index contributed by atoms with van der Waals surface area (Å²) in [6, 6.07) is 11.9. The quantitative estimate of drug-likeness (QED) is 0.501. The Bertz CT molecular complexity index is 1290. The number of amides is 1. The number of thiophene rings is 1. The van der Waals surface area contributed by atoms with Crippen molar-refractivity contribution in [3.05, 3.63) is 80.7 Å². The molecule has 0 aliphatic heterocycles. The third-order valence-electron chi connectivity index (χ3n) is 4.49. The first kappa shape index (κ1) is 19.9. The highest BCUT2D eigenvalue weighted by atomic mass is 32.1. The van der Waals surface area contributed by atoms with E-state index in [0.717, 1.165) is 32.8 Å². The number of benzene rings is 1. The number of alkyl halides is 3. The van der Waals surface area contributed by atoms with Crippen LogP contribution in [0.3, 0.4) is 0 Å². The first-order valence-electron chi connectivity index (χ1n) is 8.84. The van der Waals surface area contributed by atoms with Crippen LogP contribution in [-0.2, 0) is 12.7 Å². The topological polar surface area (TPSA) is 79.8 Å². The zero-order chi connectivity index (χ0) is 21.5. The molecule has 0 aliphatic carbocycles. The molecule has 0 fully saturated rings. The Morgan fingerprint density at radius 1 is 1.23 bits per heavy atom. The van der Waals surface area contributed by atoms with Gasteiger partial charge < -0.3 is 10.3 Å². The van der Waals surface area contributed by atoms with E-state index < -0.39 is 28.9 Å². The van der Waals surface area contributed by atoms with Crippen molar-refractivity contribution in [2.75, 3.05) is 5.32 Å². The Morgan fingerprint density at radius 2 is 1.97 bits per heavy atom. The smallest absolute Gasteiger partial charge is 0.327 e. The SMILES string of the molecule is Cc1nn(Cc2ccccc2)c2sc(C(=O)Nc3cc(C(F)(F)F)c[nH]c3=O)cc12. The zero-order valence-electron chi connectivity index (χ0n) is 15.6. The lowest BCUT2D eigenvalue weighted by molar-refractivity contribution is -0.137. The predicted molar refractivity (Wildman–Crippen MR) is 108 cm³/mol. The van der Waals surface area contributed by atoms with Gasteiger partial charge in [-0.05, 0) is 24.6 Å². The number of carbonyl (C=O) groups is 1. The highest BCUT2D eigenvalue weighted by molar-refractivity contribution is 7.20. The fourth-order valence-corrected chi connectivity index (χ4v) is 4.07.